The highest BCUT2D eigenvalue weighted by molar-refractivity contribution is 5.70. The van der Waals surface area contributed by atoms with Crippen LogP contribution in [0.1, 0.15) is 33.6 Å². The quantitative estimate of drug-likeness (QED) is 0.745. The molecule has 5 heteroatoms. The van der Waals surface area contributed by atoms with Gasteiger partial charge in [0.2, 0.25) is 0 Å². The van der Waals surface area contributed by atoms with Gasteiger partial charge in [-0.3, -0.25) is 4.79 Å². The van der Waals surface area contributed by atoms with E-state index in [0.717, 1.165) is 6.42 Å². The van der Waals surface area contributed by atoms with Crippen molar-refractivity contribution in [2.75, 3.05) is 0 Å². The molecule has 15 heavy (non-hydrogen) atoms. The van der Waals surface area contributed by atoms with Crippen LogP contribution in [0.2, 0.25) is 0 Å². The number of carboxylic acid groups (broad SMARTS) is 1. The van der Waals surface area contributed by atoms with Crippen molar-refractivity contribution in [3.05, 3.63) is 0 Å². The molecule has 1 aliphatic carbocycles. The van der Waals surface area contributed by atoms with Crippen LogP contribution in [-0.4, -0.2) is 28.8 Å². The van der Waals surface area contributed by atoms with E-state index in [-0.39, 0.29) is 18.4 Å². The maximum atomic E-state index is 11.3. The Hall–Kier alpha value is -1.26. The highest BCUT2D eigenvalue weighted by Crippen LogP contribution is 2.33. The monoisotopic (exact) mass is 215 g/mol. The van der Waals surface area contributed by atoms with Crippen LogP contribution in [-0.2, 0) is 9.53 Å². The number of hydrogen-bond acceptors (Lipinski definition) is 3. The molecule has 0 aliphatic heterocycles. The molecule has 1 aliphatic rings. The molecule has 2 atom stereocenters. The fraction of sp³-hybridized carbons (Fsp3) is 0.800. The van der Waals surface area contributed by atoms with Crippen molar-refractivity contribution in [2.45, 2.75) is 45.3 Å². The Morgan fingerprint density at radius 2 is 2.07 bits per heavy atom. The minimum Gasteiger partial charge on any atom is -0.481 e. The van der Waals surface area contributed by atoms with Crippen LogP contribution in [0.25, 0.3) is 0 Å². The smallest absolute Gasteiger partial charge is 0.407 e. The molecule has 2 N–H and O–H groups in total. The van der Waals surface area contributed by atoms with E-state index >= 15 is 0 Å². The van der Waals surface area contributed by atoms with E-state index in [2.05, 4.69) is 5.32 Å². The second-order valence-corrected chi connectivity index (χ2v) is 4.85. The summed E-state index contributed by atoms with van der Waals surface area (Å²) in [5.41, 5.74) is -0.513. The van der Waals surface area contributed by atoms with Gasteiger partial charge in [0.05, 0.1) is 6.42 Å². The number of carboxylic acids is 1. The molecule has 0 aromatic rings. The molecule has 1 saturated carbocycles. The molecule has 5 nitrogen and oxygen atoms in total. The molecule has 0 saturated heterocycles. The third-order valence-electron chi connectivity index (χ3n) is 2.06. The number of rotatable bonds is 3. The zero-order valence-corrected chi connectivity index (χ0v) is 9.24. The van der Waals surface area contributed by atoms with Gasteiger partial charge in [-0.05, 0) is 33.1 Å². The van der Waals surface area contributed by atoms with Gasteiger partial charge in [-0.15, -0.1) is 0 Å². The first kappa shape index (κ1) is 11.8. The third kappa shape index (κ3) is 4.67. The molecular weight excluding hydrogens is 198 g/mol. The zero-order valence-electron chi connectivity index (χ0n) is 9.24. The predicted molar refractivity (Wildman–Crippen MR) is 53.5 cm³/mol. The molecule has 0 radical (unpaired) electrons. The average molecular weight is 215 g/mol. The van der Waals surface area contributed by atoms with Crippen molar-refractivity contribution in [3.63, 3.8) is 0 Å². The Labute approximate surface area is 88.8 Å². The van der Waals surface area contributed by atoms with Gasteiger partial charge < -0.3 is 15.2 Å². The molecule has 1 amide bonds. The standard InChI is InChI=1S/C10H17NO4/c1-10(2,3)15-9(14)11-7-4-6(7)5-8(12)13/h6-7H,4-5H2,1-3H3,(H,11,14)(H,12,13)/t6-,7-/m0/s1. The molecule has 0 spiro atoms. The SMILES string of the molecule is CC(C)(C)OC(=O)N[C@H]1C[C@H]1CC(=O)O. The highest BCUT2D eigenvalue weighted by Gasteiger charge is 2.40. The lowest BCUT2D eigenvalue weighted by atomic mass is 10.2. The largest absolute Gasteiger partial charge is 0.481 e. The number of ether oxygens (including phenoxy) is 1. The summed E-state index contributed by atoms with van der Waals surface area (Å²) in [6.07, 6.45) is 0.367. The van der Waals surface area contributed by atoms with Crippen molar-refractivity contribution < 1.29 is 19.4 Å². The lowest BCUT2D eigenvalue weighted by Gasteiger charge is -2.19. The van der Waals surface area contributed by atoms with E-state index < -0.39 is 17.7 Å². The lowest BCUT2D eigenvalue weighted by Crippen LogP contribution is -2.34. The van der Waals surface area contributed by atoms with Crippen LogP contribution >= 0.6 is 0 Å². The van der Waals surface area contributed by atoms with Crippen molar-refractivity contribution in [1.29, 1.82) is 0 Å². The molecule has 1 fully saturated rings. The van der Waals surface area contributed by atoms with E-state index in [1.807, 2.05) is 0 Å². The van der Waals surface area contributed by atoms with Crippen molar-refractivity contribution in [1.82, 2.24) is 5.32 Å². The number of carbonyl (C=O) groups is 2. The summed E-state index contributed by atoms with van der Waals surface area (Å²) in [7, 11) is 0. The normalized spacial score (nSPS) is 24.5. The van der Waals surface area contributed by atoms with Gasteiger partial charge in [0.15, 0.2) is 0 Å². The minimum absolute atomic E-state index is 0.0315. The van der Waals surface area contributed by atoms with Crippen LogP contribution in [0.5, 0.6) is 0 Å². The first-order chi connectivity index (χ1) is 6.78. The highest BCUT2D eigenvalue weighted by atomic mass is 16.6. The van der Waals surface area contributed by atoms with E-state index in [0.29, 0.717) is 0 Å². The van der Waals surface area contributed by atoms with Gasteiger partial charge in [-0.25, -0.2) is 4.79 Å². The minimum atomic E-state index is -0.825. The first-order valence-corrected chi connectivity index (χ1v) is 4.99. The second kappa shape index (κ2) is 4.08. The van der Waals surface area contributed by atoms with Crippen molar-refractivity contribution in [2.24, 2.45) is 5.92 Å². The predicted octanol–water partition coefficient (Wildman–Crippen LogP) is 1.37. The Bertz CT molecular complexity index is 269. The molecule has 0 bridgehead atoms. The van der Waals surface area contributed by atoms with Crippen molar-refractivity contribution >= 4 is 12.1 Å². The van der Waals surface area contributed by atoms with Gasteiger partial charge in [-0.2, -0.15) is 0 Å². The summed E-state index contributed by atoms with van der Waals surface area (Å²) in [6, 6.07) is -0.0315. The molecule has 0 aromatic carbocycles. The fourth-order valence-corrected chi connectivity index (χ4v) is 1.33. The van der Waals surface area contributed by atoms with Crippen LogP contribution in [0.3, 0.4) is 0 Å². The van der Waals surface area contributed by atoms with Crippen LogP contribution in [0.15, 0.2) is 0 Å². The maximum absolute atomic E-state index is 11.3. The van der Waals surface area contributed by atoms with Gasteiger partial charge in [-0.1, -0.05) is 0 Å². The van der Waals surface area contributed by atoms with Gasteiger partial charge in [0.25, 0.3) is 0 Å². The number of amides is 1. The first-order valence-electron chi connectivity index (χ1n) is 4.99. The number of nitrogens with one attached hydrogen (secondary N) is 1. The molecule has 0 unspecified atom stereocenters. The Kier molecular flexibility index (Phi) is 3.21. The van der Waals surface area contributed by atoms with Crippen LogP contribution < -0.4 is 5.32 Å². The van der Waals surface area contributed by atoms with Gasteiger partial charge in [0.1, 0.15) is 5.60 Å². The maximum Gasteiger partial charge on any atom is 0.407 e. The molecule has 0 heterocycles. The number of hydrogen-bond donors (Lipinski definition) is 2. The Balaban J connectivity index is 2.22. The van der Waals surface area contributed by atoms with E-state index in [9.17, 15) is 9.59 Å². The molecule has 86 valence electrons. The molecule has 0 aromatic heterocycles. The summed E-state index contributed by atoms with van der Waals surface area (Å²) >= 11 is 0. The van der Waals surface area contributed by atoms with E-state index in [1.54, 1.807) is 20.8 Å². The molecular formula is C10H17NO4. The Morgan fingerprint density at radius 1 is 1.47 bits per heavy atom. The summed E-state index contributed by atoms with van der Waals surface area (Å²) in [5, 5.41) is 11.2. The lowest BCUT2D eigenvalue weighted by molar-refractivity contribution is -0.137. The number of aliphatic carboxylic acids is 1. The third-order valence-corrected chi connectivity index (χ3v) is 2.06. The summed E-state index contributed by atoms with van der Waals surface area (Å²) in [5.74, 6) is -0.761. The topological polar surface area (TPSA) is 75.6 Å². The summed E-state index contributed by atoms with van der Waals surface area (Å²) < 4.78 is 5.04. The van der Waals surface area contributed by atoms with E-state index in [1.165, 1.54) is 0 Å². The number of carbonyl (C=O) groups excluding carboxylic acids is 1. The molecule has 1 rings (SSSR count). The summed E-state index contributed by atoms with van der Waals surface area (Å²) in [6.45, 7) is 5.36. The van der Waals surface area contributed by atoms with Crippen LogP contribution in [0, 0.1) is 5.92 Å². The van der Waals surface area contributed by atoms with E-state index in [4.69, 9.17) is 9.84 Å². The van der Waals surface area contributed by atoms with Gasteiger partial charge in [0, 0.05) is 6.04 Å². The van der Waals surface area contributed by atoms with Crippen molar-refractivity contribution in [3.8, 4) is 0 Å². The van der Waals surface area contributed by atoms with Gasteiger partial charge >= 0.3 is 12.1 Å². The fourth-order valence-electron chi connectivity index (χ4n) is 1.33. The zero-order chi connectivity index (χ0) is 11.6. The second-order valence-electron chi connectivity index (χ2n) is 4.85. The average Bonchev–Trinajstić information content (AvgIpc) is 2.60. The van der Waals surface area contributed by atoms with Crippen LogP contribution in [0.4, 0.5) is 4.79 Å². The number of alkyl carbamates (subject to hydrolysis) is 1. The Morgan fingerprint density at radius 3 is 2.53 bits per heavy atom. The summed E-state index contributed by atoms with van der Waals surface area (Å²) in [4.78, 5) is 21.6.